The lowest BCUT2D eigenvalue weighted by Crippen LogP contribution is -2.38. The standard InChI is InChI=1S/C22H24N4O2/c1-15-3-8-19(25-22(28)24-2)13-20(15)21(27)26-11-9-18(10-12-26)17-6-4-16(14-23)5-7-17/h3-8,13,18H,9-12H2,1-2H3,(H2,24,25,28). The smallest absolute Gasteiger partial charge is 0.318 e. The molecule has 28 heavy (non-hydrogen) atoms. The number of benzene rings is 2. The summed E-state index contributed by atoms with van der Waals surface area (Å²) < 4.78 is 0. The number of nitriles is 1. The Bertz CT molecular complexity index is 907. The predicted molar refractivity (Wildman–Crippen MR) is 108 cm³/mol. The highest BCUT2D eigenvalue weighted by molar-refractivity contribution is 5.98. The first kappa shape index (κ1) is 19.4. The molecule has 0 radical (unpaired) electrons. The van der Waals surface area contributed by atoms with Crippen LogP contribution in [-0.2, 0) is 0 Å². The maximum absolute atomic E-state index is 13.0. The Balaban J connectivity index is 1.67. The highest BCUT2D eigenvalue weighted by Crippen LogP contribution is 2.29. The normalized spacial score (nSPS) is 14.2. The number of rotatable bonds is 3. The van der Waals surface area contributed by atoms with Gasteiger partial charge >= 0.3 is 6.03 Å². The molecule has 0 bridgehead atoms. The minimum Gasteiger partial charge on any atom is -0.341 e. The Kier molecular flexibility index (Phi) is 5.95. The average molecular weight is 376 g/mol. The number of nitrogens with one attached hydrogen (secondary N) is 2. The number of hydrogen-bond donors (Lipinski definition) is 2. The van der Waals surface area contributed by atoms with Crippen LogP contribution in [0, 0.1) is 18.3 Å². The number of nitrogens with zero attached hydrogens (tertiary/aromatic N) is 2. The van der Waals surface area contributed by atoms with Crippen molar-refractivity contribution in [2.45, 2.75) is 25.7 Å². The summed E-state index contributed by atoms with van der Waals surface area (Å²) in [4.78, 5) is 26.4. The predicted octanol–water partition coefficient (Wildman–Crippen LogP) is 3.64. The van der Waals surface area contributed by atoms with Gasteiger partial charge in [-0.05, 0) is 61.1 Å². The van der Waals surface area contributed by atoms with Gasteiger partial charge in [-0.1, -0.05) is 18.2 Å². The van der Waals surface area contributed by atoms with Gasteiger partial charge in [-0.3, -0.25) is 4.79 Å². The van der Waals surface area contributed by atoms with Crippen molar-refractivity contribution < 1.29 is 9.59 Å². The largest absolute Gasteiger partial charge is 0.341 e. The van der Waals surface area contributed by atoms with Crippen LogP contribution in [0.2, 0.25) is 0 Å². The zero-order valence-electron chi connectivity index (χ0n) is 16.2. The molecule has 0 aliphatic carbocycles. The van der Waals surface area contributed by atoms with Crippen LogP contribution in [0.5, 0.6) is 0 Å². The fourth-order valence-electron chi connectivity index (χ4n) is 3.54. The summed E-state index contributed by atoms with van der Waals surface area (Å²) >= 11 is 0. The number of carbonyl (C=O) groups excluding carboxylic acids is 2. The molecule has 1 saturated heterocycles. The molecule has 3 rings (SSSR count). The number of hydrogen-bond acceptors (Lipinski definition) is 3. The van der Waals surface area contributed by atoms with Crippen molar-refractivity contribution in [3.05, 3.63) is 64.7 Å². The lowest BCUT2D eigenvalue weighted by atomic mass is 9.88. The third-order valence-corrected chi connectivity index (χ3v) is 5.25. The molecule has 1 fully saturated rings. The molecule has 0 unspecified atom stereocenters. The third-order valence-electron chi connectivity index (χ3n) is 5.25. The topological polar surface area (TPSA) is 85.2 Å². The van der Waals surface area contributed by atoms with E-state index >= 15 is 0 Å². The van der Waals surface area contributed by atoms with E-state index in [9.17, 15) is 9.59 Å². The van der Waals surface area contributed by atoms with Gasteiger partial charge in [0.25, 0.3) is 5.91 Å². The summed E-state index contributed by atoms with van der Waals surface area (Å²) in [6.45, 7) is 3.28. The Labute approximate surface area is 165 Å². The van der Waals surface area contributed by atoms with Crippen LogP contribution >= 0.6 is 0 Å². The molecule has 2 aromatic carbocycles. The zero-order valence-corrected chi connectivity index (χ0v) is 16.2. The number of likely N-dealkylation sites (tertiary alicyclic amines) is 1. The van der Waals surface area contributed by atoms with E-state index in [0.717, 1.165) is 18.4 Å². The highest BCUT2D eigenvalue weighted by Gasteiger charge is 2.25. The van der Waals surface area contributed by atoms with Gasteiger partial charge in [0.2, 0.25) is 0 Å². The molecule has 6 heteroatoms. The van der Waals surface area contributed by atoms with Crippen LogP contribution in [-0.4, -0.2) is 37.0 Å². The van der Waals surface area contributed by atoms with Crippen molar-refractivity contribution >= 4 is 17.6 Å². The Hall–Kier alpha value is -3.33. The molecule has 6 nitrogen and oxygen atoms in total. The van der Waals surface area contributed by atoms with E-state index in [-0.39, 0.29) is 11.9 Å². The van der Waals surface area contributed by atoms with Gasteiger partial charge in [0, 0.05) is 31.4 Å². The summed E-state index contributed by atoms with van der Waals surface area (Å²) in [5.41, 5.74) is 3.99. The lowest BCUT2D eigenvalue weighted by molar-refractivity contribution is 0.0712. The first-order valence-corrected chi connectivity index (χ1v) is 9.40. The molecular formula is C22H24N4O2. The minimum absolute atomic E-state index is 0.00339. The fraction of sp³-hybridized carbons (Fsp3) is 0.318. The van der Waals surface area contributed by atoms with E-state index in [0.29, 0.717) is 35.8 Å². The second kappa shape index (κ2) is 8.57. The Morgan fingerprint density at radius 3 is 2.39 bits per heavy atom. The minimum atomic E-state index is -0.314. The molecule has 1 heterocycles. The van der Waals surface area contributed by atoms with Gasteiger partial charge in [-0.15, -0.1) is 0 Å². The molecule has 2 N–H and O–H groups in total. The zero-order chi connectivity index (χ0) is 20.1. The molecule has 3 amide bonds. The maximum Gasteiger partial charge on any atom is 0.318 e. The van der Waals surface area contributed by atoms with Crippen molar-refractivity contribution in [3.8, 4) is 6.07 Å². The third kappa shape index (κ3) is 4.32. The monoisotopic (exact) mass is 376 g/mol. The lowest BCUT2D eigenvalue weighted by Gasteiger charge is -2.32. The fourth-order valence-corrected chi connectivity index (χ4v) is 3.54. The van der Waals surface area contributed by atoms with E-state index in [1.807, 2.05) is 42.2 Å². The van der Waals surface area contributed by atoms with E-state index in [1.54, 1.807) is 19.2 Å². The van der Waals surface area contributed by atoms with E-state index < -0.39 is 0 Å². The van der Waals surface area contributed by atoms with Crippen molar-refractivity contribution in [1.82, 2.24) is 10.2 Å². The van der Waals surface area contributed by atoms with Crippen molar-refractivity contribution in [1.29, 1.82) is 5.26 Å². The summed E-state index contributed by atoms with van der Waals surface area (Å²) in [6.07, 6.45) is 1.79. The van der Waals surface area contributed by atoms with E-state index in [4.69, 9.17) is 5.26 Å². The molecule has 0 aromatic heterocycles. The van der Waals surface area contributed by atoms with Gasteiger partial charge < -0.3 is 15.5 Å². The summed E-state index contributed by atoms with van der Waals surface area (Å²) in [7, 11) is 1.55. The number of amides is 3. The molecule has 1 aliphatic heterocycles. The number of carbonyl (C=O) groups is 2. The SMILES string of the molecule is CNC(=O)Nc1ccc(C)c(C(=O)N2CCC(c3ccc(C#N)cc3)CC2)c1. The molecule has 0 atom stereocenters. The summed E-state index contributed by atoms with van der Waals surface area (Å²) in [5.74, 6) is 0.399. The first-order chi connectivity index (χ1) is 13.5. The molecule has 0 saturated carbocycles. The molecule has 0 spiro atoms. The number of aryl methyl sites for hydroxylation is 1. The molecule has 2 aromatic rings. The number of piperidine rings is 1. The van der Waals surface area contributed by atoms with Crippen LogP contribution < -0.4 is 10.6 Å². The Morgan fingerprint density at radius 2 is 1.79 bits per heavy atom. The number of urea groups is 1. The van der Waals surface area contributed by atoms with Crippen LogP contribution in [0.25, 0.3) is 0 Å². The molecule has 1 aliphatic rings. The second-order valence-corrected chi connectivity index (χ2v) is 7.03. The molecular weight excluding hydrogens is 352 g/mol. The highest BCUT2D eigenvalue weighted by atomic mass is 16.2. The van der Waals surface area contributed by atoms with Crippen LogP contribution in [0.1, 0.15) is 45.8 Å². The maximum atomic E-state index is 13.0. The van der Waals surface area contributed by atoms with Gasteiger partial charge in [-0.2, -0.15) is 5.26 Å². The van der Waals surface area contributed by atoms with Crippen molar-refractivity contribution in [2.75, 3.05) is 25.5 Å². The molecule has 144 valence electrons. The van der Waals surface area contributed by atoms with Gasteiger partial charge in [0.1, 0.15) is 0 Å². The van der Waals surface area contributed by atoms with Gasteiger partial charge in [0.15, 0.2) is 0 Å². The van der Waals surface area contributed by atoms with Gasteiger partial charge in [0.05, 0.1) is 11.6 Å². The van der Waals surface area contributed by atoms with E-state index in [1.165, 1.54) is 5.56 Å². The summed E-state index contributed by atoms with van der Waals surface area (Å²) in [5, 5.41) is 14.1. The second-order valence-electron chi connectivity index (χ2n) is 7.03. The average Bonchev–Trinajstić information content (AvgIpc) is 2.74. The van der Waals surface area contributed by atoms with Crippen LogP contribution in [0.15, 0.2) is 42.5 Å². The van der Waals surface area contributed by atoms with Crippen LogP contribution in [0.3, 0.4) is 0 Å². The van der Waals surface area contributed by atoms with Crippen molar-refractivity contribution in [3.63, 3.8) is 0 Å². The number of anilines is 1. The summed E-state index contributed by atoms with van der Waals surface area (Å²) in [6, 6.07) is 14.9. The quantitative estimate of drug-likeness (QED) is 0.858. The van der Waals surface area contributed by atoms with Crippen LogP contribution in [0.4, 0.5) is 10.5 Å². The van der Waals surface area contributed by atoms with Crippen molar-refractivity contribution in [2.24, 2.45) is 0 Å². The Morgan fingerprint density at radius 1 is 1.11 bits per heavy atom. The van der Waals surface area contributed by atoms with E-state index in [2.05, 4.69) is 16.7 Å². The van der Waals surface area contributed by atoms with Gasteiger partial charge in [-0.25, -0.2) is 4.79 Å². The first-order valence-electron chi connectivity index (χ1n) is 9.40.